The van der Waals surface area contributed by atoms with Crippen molar-refractivity contribution in [2.75, 3.05) is 0 Å². The number of rotatable bonds is 6. The van der Waals surface area contributed by atoms with Crippen molar-refractivity contribution >= 4 is 17.1 Å². The van der Waals surface area contributed by atoms with Gasteiger partial charge in [0.2, 0.25) is 0 Å². The number of benzene rings is 2. The molecule has 4 heteroatoms. The zero-order valence-corrected chi connectivity index (χ0v) is 18.2. The summed E-state index contributed by atoms with van der Waals surface area (Å²) in [6.07, 6.45) is 2.89. The second-order valence-corrected chi connectivity index (χ2v) is 8.22. The van der Waals surface area contributed by atoms with E-state index in [1.165, 1.54) is 33.9 Å². The molecule has 0 saturated heterocycles. The highest BCUT2D eigenvalue weighted by Gasteiger charge is 2.20. The van der Waals surface area contributed by atoms with Gasteiger partial charge >= 0.3 is 5.97 Å². The zero-order valence-electron chi connectivity index (χ0n) is 18.2. The van der Waals surface area contributed by atoms with E-state index in [9.17, 15) is 9.90 Å². The smallest absolute Gasteiger partial charge is 0.354 e. The third kappa shape index (κ3) is 4.53. The quantitative estimate of drug-likeness (QED) is 0.509. The highest BCUT2D eigenvalue weighted by atomic mass is 16.5. The van der Waals surface area contributed by atoms with E-state index < -0.39 is 5.97 Å². The Morgan fingerprint density at radius 1 is 0.968 bits per heavy atom. The van der Waals surface area contributed by atoms with Gasteiger partial charge in [-0.3, -0.25) is 0 Å². The van der Waals surface area contributed by atoms with Crippen LogP contribution in [0.4, 0.5) is 0 Å². The van der Waals surface area contributed by atoms with Crippen molar-refractivity contribution in [1.29, 1.82) is 0 Å². The van der Waals surface area contributed by atoms with Gasteiger partial charge in [-0.2, -0.15) is 0 Å². The van der Waals surface area contributed by atoms with Crippen LogP contribution >= 0.6 is 0 Å². The minimum atomic E-state index is -1.00. The van der Waals surface area contributed by atoms with E-state index in [2.05, 4.69) is 50.0 Å². The van der Waals surface area contributed by atoms with Crippen molar-refractivity contribution in [1.82, 2.24) is 4.98 Å². The van der Waals surface area contributed by atoms with Crippen molar-refractivity contribution in [3.8, 4) is 5.75 Å². The van der Waals surface area contributed by atoms with Gasteiger partial charge in [0.1, 0.15) is 18.1 Å². The molecule has 31 heavy (non-hydrogen) atoms. The summed E-state index contributed by atoms with van der Waals surface area (Å²) in [7, 11) is 0. The number of carbonyl (C=O) groups is 1. The first-order valence-electron chi connectivity index (χ1n) is 10.6. The second kappa shape index (κ2) is 8.76. The molecule has 0 atom stereocenters. The molecular formula is C27H27NO3. The van der Waals surface area contributed by atoms with Crippen LogP contribution in [0.3, 0.4) is 0 Å². The number of carboxylic acid groups (broad SMARTS) is 1. The lowest BCUT2D eigenvalue weighted by atomic mass is 9.99. The van der Waals surface area contributed by atoms with E-state index in [-0.39, 0.29) is 5.69 Å². The Hall–Kier alpha value is -3.40. The van der Waals surface area contributed by atoms with Gasteiger partial charge in [-0.15, -0.1) is 0 Å². The number of nitrogens with zero attached hydrogens (tertiary/aromatic N) is 1. The summed E-state index contributed by atoms with van der Waals surface area (Å²) in [5.74, 6) is -0.165. The van der Waals surface area contributed by atoms with Gasteiger partial charge in [-0.05, 0) is 97.7 Å². The average molecular weight is 414 g/mol. The first-order valence-corrected chi connectivity index (χ1v) is 10.6. The number of carboxylic acids is 1. The van der Waals surface area contributed by atoms with Crippen molar-refractivity contribution in [2.45, 2.75) is 46.6 Å². The molecule has 4 nitrogen and oxygen atoms in total. The van der Waals surface area contributed by atoms with Crippen LogP contribution in [-0.4, -0.2) is 16.1 Å². The van der Waals surface area contributed by atoms with Gasteiger partial charge in [0, 0.05) is 0 Å². The summed E-state index contributed by atoms with van der Waals surface area (Å²) in [6, 6.07) is 17.8. The Bertz CT molecular complexity index is 1150. The molecule has 158 valence electrons. The molecule has 0 spiro atoms. The molecule has 1 aromatic heterocycles. The van der Waals surface area contributed by atoms with E-state index in [1.807, 2.05) is 18.2 Å². The van der Waals surface area contributed by atoms with Crippen molar-refractivity contribution in [2.24, 2.45) is 0 Å². The molecule has 1 N–H and O–H groups in total. The fraction of sp³-hybridized carbons (Fsp3) is 0.259. The highest BCUT2D eigenvalue weighted by Crippen LogP contribution is 2.40. The van der Waals surface area contributed by atoms with Gasteiger partial charge in [0.15, 0.2) is 0 Å². The zero-order chi connectivity index (χ0) is 22.0. The van der Waals surface area contributed by atoms with Crippen molar-refractivity contribution in [3.63, 3.8) is 0 Å². The van der Waals surface area contributed by atoms with Crippen LogP contribution in [0.15, 0.2) is 54.6 Å². The van der Waals surface area contributed by atoms with Crippen LogP contribution in [-0.2, 0) is 6.61 Å². The number of hydrogen-bond acceptors (Lipinski definition) is 3. The first-order chi connectivity index (χ1) is 14.9. The van der Waals surface area contributed by atoms with Gasteiger partial charge in [-0.25, -0.2) is 9.78 Å². The number of ether oxygens (including phenoxy) is 1. The summed E-state index contributed by atoms with van der Waals surface area (Å²) < 4.78 is 6.17. The number of pyridine rings is 1. The maximum atomic E-state index is 11.3. The SMILES string of the molecule is Cc1cc(C)c(COc2cccc(C3=C(c4cccc(C(=O)O)n4)CCC3)c2)c(C)c1. The van der Waals surface area contributed by atoms with Crippen LogP contribution in [0, 0.1) is 20.8 Å². The van der Waals surface area contributed by atoms with Crippen LogP contribution in [0.1, 0.15) is 63.3 Å². The van der Waals surface area contributed by atoms with Crippen LogP contribution in [0.25, 0.3) is 11.1 Å². The molecule has 2 aromatic carbocycles. The van der Waals surface area contributed by atoms with Gasteiger partial charge in [-0.1, -0.05) is 35.9 Å². The molecule has 3 aromatic rings. The second-order valence-electron chi connectivity index (χ2n) is 8.22. The Morgan fingerprint density at radius 2 is 1.68 bits per heavy atom. The lowest BCUT2D eigenvalue weighted by Gasteiger charge is -2.14. The van der Waals surface area contributed by atoms with E-state index in [1.54, 1.807) is 6.07 Å². The predicted molar refractivity (Wildman–Crippen MR) is 123 cm³/mol. The van der Waals surface area contributed by atoms with E-state index >= 15 is 0 Å². The van der Waals surface area contributed by atoms with E-state index in [4.69, 9.17) is 4.74 Å². The average Bonchev–Trinajstić information content (AvgIpc) is 3.23. The number of aryl methyl sites for hydroxylation is 3. The molecule has 1 aliphatic rings. The third-order valence-electron chi connectivity index (χ3n) is 5.90. The Balaban J connectivity index is 1.61. The van der Waals surface area contributed by atoms with E-state index in [0.29, 0.717) is 6.61 Å². The maximum absolute atomic E-state index is 11.3. The summed E-state index contributed by atoms with van der Waals surface area (Å²) >= 11 is 0. The first kappa shape index (κ1) is 20.9. The minimum Gasteiger partial charge on any atom is -0.489 e. The summed E-state index contributed by atoms with van der Waals surface area (Å²) in [5, 5.41) is 9.28. The topological polar surface area (TPSA) is 59.4 Å². The Kier molecular flexibility index (Phi) is 5.90. The van der Waals surface area contributed by atoms with Crippen molar-refractivity contribution in [3.05, 3.63) is 93.8 Å². The summed E-state index contributed by atoms with van der Waals surface area (Å²) in [4.78, 5) is 15.7. The van der Waals surface area contributed by atoms with Crippen LogP contribution < -0.4 is 4.74 Å². The molecule has 0 unspecified atom stereocenters. The molecule has 0 fully saturated rings. The summed E-state index contributed by atoms with van der Waals surface area (Å²) in [5.41, 5.74) is 9.30. The molecule has 0 radical (unpaired) electrons. The lowest BCUT2D eigenvalue weighted by Crippen LogP contribution is -2.02. The Labute approximate surface area is 183 Å². The largest absolute Gasteiger partial charge is 0.489 e. The highest BCUT2D eigenvalue weighted by molar-refractivity contribution is 5.93. The summed E-state index contributed by atoms with van der Waals surface area (Å²) in [6.45, 7) is 6.91. The number of allylic oxidation sites excluding steroid dienone is 2. The monoisotopic (exact) mass is 413 g/mol. The molecule has 0 aliphatic heterocycles. The fourth-order valence-electron chi connectivity index (χ4n) is 4.43. The number of aromatic nitrogens is 1. The van der Waals surface area contributed by atoms with Gasteiger partial charge in [0.25, 0.3) is 0 Å². The van der Waals surface area contributed by atoms with Gasteiger partial charge < -0.3 is 9.84 Å². The number of aromatic carboxylic acids is 1. The van der Waals surface area contributed by atoms with Crippen LogP contribution in [0.2, 0.25) is 0 Å². The third-order valence-corrected chi connectivity index (χ3v) is 5.90. The predicted octanol–water partition coefficient (Wildman–Crippen LogP) is 6.38. The molecule has 1 heterocycles. The normalized spacial score (nSPS) is 13.5. The maximum Gasteiger partial charge on any atom is 0.354 e. The fourth-order valence-corrected chi connectivity index (χ4v) is 4.43. The standard InChI is InChI=1S/C27H27NO3/c1-17-13-18(2)24(19(3)14-17)16-31-21-8-4-7-20(15-21)22-9-5-10-23(22)25-11-6-12-26(28-25)27(29)30/h4,6-8,11-15H,5,9-10,16H2,1-3H3,(H,29,30). The number of hydrogen-bond donors (Lipinski definition) is 1. The lowest BCUT2D eigenvalue weighted by molar-refractivity contribution is 0.0690. The van der Waals surface area contributed by atoms with E-state index in [0.717, 1.165) is 41.8 Å². The van der Waals surface area contributed by atoms with Crippen molar-refractivity contribution < 1.29 is 14.6 Å². The molecular weight excluding hydrogens is 386 g/mol. The molecule has 1 aliphatic carbocycles. The molecule has 0 bridgehead atoms. The van der Waals surface area contributed by atoms with Crippen LogP contribution in [0.5, 0.6) is 5.75 Å². The Morgan fingerprint density at radius 3 is 2.42 bits per heavy atom. The van der Waals surface area contributed by atoms with Gasteiger partial charge in [0.05, 0.1) is 5.69 Å². The minimum absolute atomic E-state index is 0.0807. The molecule has 0 saturated carbocycles. The molecule has 4 rings (SSSR count). The molecule has 0 amide bonds.